The van der Waals surface area contributed by atoms with Gasteiger partial charge < -0.3 is 19.4 Å². The standard InChI is InChI=1S/C26H28N4O5S/c1-15(2)29-11-17-7-20(26-27-10-18(36-26)12-28-5-6-35-14-25(28)33)24(34-4)8-19(17)22-9-23(32)21(16(3)31)13-30(22)29/h7-10,13,15H,5-6,11-12,14H2,1-4H3. The highest BCUT2D eigenvalue weighted by Crippen LogP contribution is 2.41. The maximum Gasteiger partial charge on any atom is 0.248 e. The Balaban J connectivity index is 1.56. The fourth-order valence-corrected chi connectivity index (χ4v) is 5.57. The van der Waals surface area contributed by atoms with E-state index in [1.54, 1.807) is 24.4 Å². The summed E-state index contributed by atoms with van der Waals surface area (Å²) in [7, 11) is 1.61. The fraction of sp³-hybridized carbons (Fsp3) is 0.385. The van der Waals surface area contributed by atoms with Crippen LogP contribution in [0.15, 0.2) is 35.4 Å². The van der Waals surface area contributed by atoms with E-state index in [1.807, 2.05) is 10.7 Å². The number of rotatable bonds is 6. The third kappa shape index (κ3) is 4.31. The van der Waals surface area contributed by atoms with E-state index >= 15 is 0 Å². The zero-order valence-corrected chi connectivity index (χ0v) is 21.6. The summed E-state index contributed by atoms with van der Waals surface area (Å²) in [5.74, 6) is 0.374. The molecule has 9 nitrogen and oxygen atoms in total. The summed E-state index contributed by atoms with van der Waals surface area (Å²) in [5.41, 5.74) is 3.38. The molecule has 0 aliphatic carbocycles. The molecule has 0 bridgehead atoms. The van der Waals surface area contributed by atoms with Crippen LogP contribution in [0.5, 0.6) is 5.75 Å². The minimum atomic E-state index is -0.296. The van der Waals surface area contributed by atoms with E-state index in [1.165, 1.54) is 24.3 Å². The molecule has 5 rings (SSSR count). The van der Waals surface area contributed by atoms with Crippen molar-refractivity contribution in [1.29, 1.82) is 0 Å². The molecule has 0 atom stereocenters. The van der Waals surface area contributed by atoms with Crippen molar-refractivity contribution >= 4 is 23.0 Å². The number of ether oxygens (including phenoxy) is 2. The summed E-state index contributed by atoms with van der Waals surface area (Å²) in [6.07, 6.45) is 3.45. The van der Waals surface area contributed by atoms with Crippen LogP contribution >= 0.6 is 11.3 Å². The van der Waals surface area contributed by atoms with E-state index in [9.17, 15) is 14.4 Å². The number of hydrogen-bond acceptors (Lipinski definition) is 8. The number of fused-ring (bicyclic) bond motifs is 3. The van der Waals surface area contributed by atoms with Gasteiger partial charge in [-0.25, -0.2) is 4.98 Å². The van der Waals surface area contributed by atoms with Gasteiger partial charge in [0.25, 0.3) is 0 Å². The number of morpholine rings is 1. The molecule has 1 fully saturated rings. The summed E-state index contributed by atoms with van der Waals surface area (Å²) >= 11 is 1.53. The van der Waals surface area contributed by atoms with Crippen molar-refractivity contribution in [3.8, 4) is 27.6 Å². The number of aromatic nitrogens is 2. The Bertz CT molecular complexity index is 1410. The number of hydrogen-bond donors (Lipinski definition) is 0. The molecule has 0 spiro atoms. The lowest BCUT2D eigenvalue weighted by molar-refractivity contribution is -0.143. The van der Waals surface area contributed by atoms with Gasteiger partial charge in [0.05, 0.1) is 43.6 Å². The van der Waals surface area contributed by atoms with E-state index in [0.717, 1.165) is 32.3 Å². The first-order chi connectivity index (χ1) is 17.3. The summed E-state index contributed by atoms with van der Waals surface area (Å²) < 4.78 is 12.9. The van der Waals surface area contributed by atoms with Crippen LogP contribution in [0.4, 0.5) is 0 Å². The molecule has 3 aromatic rings. The highest BCUT2D eigenvalue weighted by molar-refractivity contribution is 7.15. The number of carbonyl (C=O) groups is 2. The van der Waals surface area contributed by atoms with Gasteiger partial charge in [0.1, 0.15) is 17.4 Å². The van der Waals surface area contributed by atoms with Crippen molar-refractivity contribution < 1.29 is 19.1 Å². The zero-order chi connectivity index (χ0) is 25.6. The molecule has 2 aromatic heterocycles. The number of nitrogens with zero attached hydrogens (tertiary/aromatic N) is 4. The highest BCUT2D eigenvalue weighted by atomic mass is 32.1. The summed E-state index contributed by atoms with van der Waals surface area (Å²) in [5, 5.41) is 2.92. The molecule has 36 heavy (non-hydrogen) atoms. The number of benzene rings is 1. The predicted molar refractivity (Wildman–Crippen MR) is 137 cm³/mol. The molecule has 188 valence electrons. The van der Waals surface area contributed by atoms with Gasteiger partial charge in [-0.15, -0.1) is 11.3 Å². The van der Waals surface area contributed by atoms with E-state index in [0.29, 0.717) is 32.0 Å². The Morgan fingerprint density at radius 3 is 2.72 bits per heavy atom. The molecule has 0 N–H and O–H groups in total. The normalized spacial score (nSPS) is 15.2. The van der Waals surface area contributed by atoms with E-state index in [2.05, 4.69) is 29.9 Å². The second-order valence-corrected chi connectivity index (χ2v) is 10.4. The summed E-state index contributed by atoms with van der Waals surface area (Å²) in [6.45, 7) is 7.89. The molecule has 1 amide bonds. The number of thiazole rings is 1. The summed E-state index contributed by atoms with van der Waals surface area (Å²) in [6, 6.07) is 5.67. The van der Waals surface area contributed by atoms with Crippen LogP contribution in [0.25, 0.3) is 21.8 Å². The van der Waals surface area contributed by atoms with Crippen LogP contribution < -0.4 is 15.2 Å². The lowest BCUT2D eigenvalue weighted by Gasteiger charge is -2.38. The van der Waals surface area contributed by atoms with Gasteiger partial charge >= 0.3 is 0 Å². The number of ketones is 1. The first-order valence-corrected chi connectivity index (χ1v) is 12.6. The van der Waals surface area contributed by atoms with Gasteiger partial charge in [0.15, 0.2) is 11.2 Å². The number of amides is 1. The SMILES string of the molecule is COc1cc2c(cc1-c1ncc(CN3CCOCC3=O)s1)CN(C(C)C)n1cc(C(C)=O)c(=O)cc1-2. The van der Waals surface area contributed by atoms with Crippen LogP contribution in [-0.2, 0) is 22.6 Å². The summed E-state index contributed by atoms with van der Waals surface area (Å²) in [4.78, 5) is 44.3. The van der Waals surface area contributed by atoms with Crippen LogP contribution in [0.1, 0.15) is 41.6 Å². The molecule has 1 saturated heterocycles. The molecule has 2 aliphatic heterocycles. The van der Waals surface area contributed by atoms with Crippen LogP contribution in [0, 0.1) is 0 Å². The second kappa shape index (κ2) is 9.51. The Hall–Kier alpha value is -3.50. The molecular formula is C26H28N4O5S. The molecule has 2 aliphatic rings. The number of pyridine rings is 1. The van der Waals surface area contributed by atoms with Gasteiger partial charge in [-0.1, -0.05) is 0 Å². The third-order valence-electron chi connectivity index (χ3n) is 6.53. The van der Waals surface area contributed by atoms with Gasteiger partial charge in [-0.3, -0.25) is 19.1 Å². The van der Waals surface area contributed by atoms with Crippen LogP contribution in [0.3, 0.4) is 0 Å². The Labute approximate surface area is 212 Å². The fourth-order valence-electron chi connectivity index (χ4n) is 4.62. The quantitative estimate of drug-likeness (QED) is 0.473. The van der Waals surface area contributed by atoms with Crippen molar-refractivity contribution in [2.24, 2.45) is 0 Å². The van der Waals surface area contributed by atoms with Gasteiger partial charge in [0.2, 0.25) is 5.91 Å². The van der Waals surface area contributed by atoms with E-state index < -0.39 is 0 Å². The second-order valence-electron chi connectivity index (χ2n) is 9.24. The van der Waals surface area contributed by atoms with Crippen LogP contribution in [-0.4, -0.2) is 59.2 Å². The van der Waals surface area contributed by atoms with Crippen molar-refractivity contribution in [2.45, 2.75) is 39.9 Å². The Morgan fingerprint density at radius 2 is 2.03 bits per heavy atom. The minimum Gasteiger partial charge on any atom is -0.496 e. The monoisotopic (exact) mass is 508 g/mol. The lowest BCUT2D eigenvalue weighted by atomic mass is 9.97. The maximum atomic E-state index is 12.7. The average molecular weight is 509 g/mol. The topological polar surface area (TPSA) is 94.0 Å². The number of carbonyl (C=O) groups excluding carboxylic acids is 2. The number of methoxy groups -OCH3 is 1. The third-order valence-corrected chi connectivity index (χ3v) is 7.55. The maximum absolute atomic E-state index is 12.7. The molecule has 4 heterocycles. The van der Waals surface area contributed by atoms with Gasteiger partial charge in [-0.2, -0.15) is 0 Å². The largest absolute Gasteiger partial charge is 0.496 e. The zero-order valence-electron chi connectivity index (χ0n) is 20.7. The molecule has 10 heteroatoms. The van der Waals surface area contributed by atoms with Crippen molar-refractivity contribution in [2.75, 3.05) is 31.9 Å². The van der Waals surface area contributed by atoms with E-state index in [-0.39, 0.29) is 35.3 Å². The Kier molecular flexibility index (Phi) is 6.40. The van der Waals surface area contributed by atoms with Crippen molar-refractivity contribution in [3.63, 3.8) is 0 Å². The van der Waals surface area contributed by atoms with Crippen molar-refractivity contribution in [1.82, 2.24) is 14.6 Å². The van der Waals surface area contributed by atoms with Gasteiger partial charge in [0, 0.05) is 41.5 Å². The molecule has 0 unspecified atom stereocenters. The van der Waals surface area contributed by atoms with Crippen molar-refractivity contribution in [3.05, 3.63) is 56.8 Å². The first-order valence-electron chi connectivity index (χ1n) is 11.8. The molecule has 1 aromatic carbocycles. The average Bonchev–Trinajstić information content (AvgIpc) is 3.31. The Morgan fingerprint density at radius 1 is 1.22 bits per heavy atom. The van der Waals surface area contributed by atoms with Gasteiger partial charge in [-0.05, 0) is 38.5 Å². The smallest absolute Gasteiger partial charge is 0.248 e. The lowest BCUT2D eigenvalue weighted by Crippen LogP contribution is -2.44. The first kappa shape index (κ1) is 24.2. The molecule has 0 radical (unpaired) electrons. The number of Topliss-reactive ketones (excluding diaryl/α,β-unsaturated/α-hetero) is 1. The highest BCUT2D eigenvalue weighted by Gasteiger charge is 2.27. The predicted octanol–water partition coefficient (Wildman–Crippen LogP) is 3.07. The van der Waals surface area contributed by atoms with E-state index in [4.69, 9.17) is 9.47 Å². The molecular weight excluding hydrogens is 480 g/mol. The molecule has 0 saturated carbocycles. The van der Waals surface area contributed by atoms with Crippen LogP contribution in [0.2, 0.25) is 0 Å². The minimum absolute atomic E-state index is 0.0156.